The third kappa shape index (κ3) is 5.68. The molecule has 1 heterocycles. The number of hydrogen-bond donors (Lipinski definition) is 4. The Bertz CT molecular complexity index is 1030. The quantitative estimate of drug-likeness (QED) is 0.439. The zero-order valence-corrected chi connectivity index (χ0v) is 16.2. The van der Waals surface area contributed by atoms with Crippen molar-refractivity contribution in [2.75, 3.05) is 11.1 Å². The predicted octanol–water partition coefficient (Wildman–Crippen LogP) is 4.33. The van der Waals surface area contributed by atoms with E-state index in [9.17, 15) is 9.59 Å². The number of nitrogens with two attached hydrogens (primary N) is 1. The second-order valence-corrected chi connectivity index (χ2v) is 6.59. The van der Waals surface area contributed by atoms with Gasteiger partial charge in [0, 0.05) is 18.0 Å². The Morgan fingerprint density at radius 3 is 2.50 bits per heavy atom. The molecule has 0 radical (unpaired) electrons. The van der Waals surface area contributed by atoms with Crippen molar-refractivity contribution in [3.8, 4) is 0 Å². The molecule has 0 aliphatic carbocycles. The van der Waals surface area contributed by atoms with Gasteiger partial charge >= 0.3 is 6.09 Å². The topological polar surface area (TPSA) is 117 Å². The molecule has 1 atom stereocenters. The number of carbonyl (C=O) groups excluding carboxylic acids is 1. The van der Waals surface area contributed by atoms with E-state index in [1.807, 2.05) is 30.4 Å². The number of rotatable bonds is 7. The summed E-state index contributed by atoms with van der Waals surface area (Å²) in [6.07, 6.45) is 6.42. The van der Waals surface area contributed by atoms with Crippen molar-refractivity contribution < 1.29 is 14.7 Å². The van der Waals surface area contributed by atoms with Crippen LogP contribution in [-0.2, 0) is 0 Å². The van der Waals surface area contributed by atoms with Crippen molar-refractivity contribution in [2.24, 2.45) is 0 Å². The van der Waals surface area contributed by atoms with Crippen LogP contribution >= 0.6 is 0 Å². The van der Waals surface area contributed by atoms with Gasteiger partial charge in [-0.15, -0.1) is 0 Å². The first-order valence-electron chi connectivity index (χ1n) is 9.35. The average Bonchev–Trinajstić information content (AvgIpc) is 2.75. The fourth-order valence-electron chi connectivity index (χ4n) is 2.90. The maximum absolute atomic E-state index is 12.4. The second kappa shape index (κ2) is 9.88. The van der Waals surface area contributed by atoms with E-state index >= 15 is 0 Å². The molecule has 0 bridgehead atoms. The van der Waals surface area contributed by atoms with Crippen LogP contribution in [0.4, 0.5) is 16.2 Å². The highest BCUT2D eigenvalue weighted by molar-refractivity contribution is 6.05. The number of nitrogen functional groups attached to an aromatic ring is 1. The zero-order chi connectivity index (χ0) is 21.3. The molecule has 7 nitrogen and oxygen atoms in total. The number of nitrogens with one attached hydrogen (secondary N) is 2. The third-order valence-electron chi connectivity index (χ3n) is 4.45. The molecule has 7 heteroatoms. The molecule has 5 N–H and O–H groups in total. The van der Waals surface area contributed by atoms with E-state index in [2.05, 4.69) is 15.6 Å². The minimum atomic E-state index is -1.09. The van der Waals surface area contributed by atoms with E-state index in [1.165, 1.54) is 0 Å². The Morgan fingerprint density at radius 1 is 1.07 bits per heavy atom. The summed E-state index contributed by atoms with van der Waals surface area (Å²) in [4.78, 5) is 27.5. The standard InChI is InChI=1S/C23H22N4O3/c24-19-7-1-2-8-21(19)26-22(28)17-12-10-16(11-13-17)5-3-9-20(27-23(29)30)18-6-4-14-25-15-18/h1-8,10-15,20,27H,9,24H2,(H,26,28)(H,29,30)/b5-3+. The summed E-state index contributed by atoms with van der Waals surface area (Å²) < 4.78 is 0. The molecule has 3 rings (SSSR count). The highest BCUT2D eigenvalue weighted by atomic mass is 16.4. The highest BCUT2D eigenvalue weighted by Gasteiger charge is 2.12. The smallest absolute Gasteiger partial charge is 0.405 e. The number of carboxylic acid groups (broad SMARTS) is 1. The lowest BCUT2D eigenvalue weighted by Gasteiger charge is -2.14. The molecule has 0 saturated carbocycles. The Morgan fingerprint density at radius 2 is 1.83 bits per heavy atom. The van der Waals surface area contributed by atoms with Gasteiger partial charge in [-0.05, 0) is 47.9 Å². The highest BCUT2D eigenvalue weighted by Crippen LogP contribution is 2.19. The maximum atomic E-state index is 12.4. The van der Waals surface area contributed by atoms with Gasteiger partial charge < -0.3 is 21.5 Å². The van der Waals surface area contributed by atoms with E-state index in [-0.39, 0.29) is 5.91 Å². The molecule has 0 saturated heterocycles. The van der Waals surface area contributed by atoms with Crippen LogP contribution in [0.1, 0.15) is 33.9 Å². The molecular formula is C23H22N4O3. The lowest BCUT2D eigenvalue weighted by atomic mass is 10.0. The second-order valence-electron chi connectivity index (χ2n) is 6.59. The van der Waals surface area contributed by atoms with Gasteiger partial charge in [0.15, 0.2) is 0 Å². The largest absolute Gasteiger partial charge is 0.465 e. The van der Waals surface area contributed by atoms with Crippen LogP contribution in [0.3, 0.4) is 0 Å². The van der Waals surface area contributed by atoms with Crippen LogP contribution < -0.4 is 16.4 Å². The van der Waals surface area contributed by atoms with Crippen molar-refractivity contribution in [1.82, 2.24) is 10.3 Å². The molecule has 152 valence electrons. The van der Waals surface area contributed by atoms with Gasteiger partial charge in [0.2, 0.25) is 0 Å². The summed E-state index contributed by atoms with van der Waals surface area (Å²) in [6.45, 7) is 0. The Hall–Kier alpha value is -4.13. The molecule has 0 fully saturated rings. The van der Waals surface area contributed by atoms with Crippen LogP contribution in [0.2, 0.25) is 0 Å². The monoisotopic (exact) mass is 402 g/mol. The molecule has 1 aromatic heterocycles. The van der Waals surface area contributed by atoms with Crippen molar-refractivity contribution in [1.29, 1.82) is 0 Å². The van der Waals surface area contributed by atoms with E-state index in [4.69, 9.17) is 10.8 Å². The lowest BCUT2D eigenvalue weighted by molar-refractivity contribution is 0.102. The number of para-hydroxylation sites is 2. The van der Waals surface area contributed by atoms with Crippen LogP contribution in [-0.4, -0.2) is 22.1 Å². The Balaban J connectivity index is 1.63. The summed E-state index contributed by atoms with van der Waals surface area (Å²) in [5, 5.41) is 14.4. The molecule has 0 spiro atoms. The van der Waals surface area contributed by atoms with Crippen LogP contribution in [0.25, 0.3) is 6.08 Å². The number of pyridine rings is 1. The van der Waals surface area contributed by atoms with E-state index in [0.29, 0.717) is 23.4 Å². The van der Waals surface area contributed by atoms with Gasteiger partial charge in [-0.25, -0.2) is 4.79 Å². The van der Waals surface area contributed by atoms with Crippen LogP contribution in [0.5, 0.6) is 0 Å². The first-order chi connectivity index (χ1) is 14.5. The predicted molar refractivity (Wildman–Crippen MR) is 117 cm³/mol. The number of aromatic nitrogens is 1. The molecule has 3 aromatic rings. The average molecular weight is 402 g/mol. The first kappa shape index (κ1) is 20.6. The summed E-state index contributed by atoms with van der Waals surface area (Å²) in [7, 11) is 0. The first-order valence-corrected chi connectivity index (χ1v) is 9.35. The molecule has 30 heavy (non-hydrogen) atoms. The van der Waals surface area contributed by atoms with E-state index in [0.717, 1.165) is 11.1 Å². The van der Waals surface area contributed by atoms with Gasteiger partial charge in [0.25, 0.3) is 5.91 Å². The summed E-state index contributed by atoms with van der Waals surface area (Å²) in [6, 6.07) is 17.4. The summed E-state index contributed by atoms with van der Waals surface area (Å²) in [5.74, 6) is -0.245. The SMILES string of the molecule is Nc1ccccc1NC(=O)c1ccc(/C=C/CC(NC(=O)O)c2cccnc2)cc1. The van der Waals surface area contributed by atoms with Gasteiger partial charge in [0.1, 0.15) is 0 Å². The van der Waals surface area contributed by atoms with Crippen LogP contribution in [0.15, 0.2) is 79.1 Å². The van der Waals surface area contributed by atoms with E-state index < -0.39 is 12.1 Å². The molecule has 2 aromatic carbocycles. The lowest BCUT2D eigenvalue weighted by Crippen LogP contribution is -2.26. The van der Waals surface area contributed by atoms with Gasteiger partial charge in [-0.3, -0.25) is 9.78 Å². The number of carbonyl (C=O) groups is 2. The fraction of sp³-hybridized carbons (Fsp3) is 0.0870. The number of benzene rings is 2. The molecule has 1 unspecified atom stereocenters. The number of nitrogens with zero attached hydrogens (tertiary/aromatic N) is 1. The maximum Gasteiger partial charge on any atom is 0.405 e. The van der Waals surface area contributed by atoms with Gasteiger partial charge in [0.05, 0.1) is 17.4 Å². The normalized spacial score (nSPS) is 11.7. The zero-order valence-electron chi connectivity index (χ0n) is 16.2. The van der Waals surface area contributed by atoms with Crippen molar-refractivity contribution in [3.63, 3.8) is 0 Å². The van der Waals surface area contributed by atoms with E-state index in [1.54, 1.807) is 54.9 Å². The summed E-state index contributed by atoms with van der Waals surface area (Å²) in [5.41, 5.74) is 9.12. The van der Waals surface area contributed by atoms with Crippen molar-refractivity contribution in [3.05, 3.63) is 95.8 Å². The van der Waals surface area contributed by atoms with Crippen LogP contribution in [0, 0.1) is 0 Å². The number of amides is 2. The molecule has 0 aliphatic heterocycles. The number of anilines is 2. The third-order valence-corrected chi connectivity index (χ3v) is 4.45. The Kier molecular flexibility index (Phi) is 6.78. The number of hydrogen-bond acceptors (Lipinski definition) is 4. The minimum Gasteiger partial charge on any atom is -0.465 e. The molecule has 2 amide bonds. The van der Waals surface area contributed by atoms with Gasteiger partial charge in [-0.2, -0.15) is 0 Å². The van der Waals surface area contributed by atoms with Gasteiger partial charge in [-0.1, -0.05) is 42.5 Å². The Labute approximate surface area is 174 Å². The molecular weight excluding hydrogens is 380 g/mol. The minimum absolute atomic E-state index is 0.245. The fourth-order valence-corrected chi connectivity index (χ4v) is 2.90. The molecule has 0 aliphatic rings. The van der Waals surface area contributed by atoms with Crippen molar-refractivity contribution in [2.45, 2.75) is 12.5 Å². The summed E-state index contributed by atoms with van der Waals surface area (Å²) >= 11 is 0. The van der Waals surface area contributed by atoms with Crippen molar-refractivity contribution >= 4 is 29.5 Å².